The van der Waals surface area contributed by atoms with Crippen LogP contribution in [0.2, 0.25) is 0 Å². The fourth-order valence-electron chi connectivity index (χ4n) is 4.22. The zero-order chi connectivity index (χ0) is 26.9. The van der Waals surface area contributed by atoms with E-state index < -0.39 is 28.4 Å². The second kappa shape index (κ2) is 10.0. The van der Waals surface area contributed by atoms with Crippen LogP contribution < -0.4 is 14.5 Å². The molecular weight excluding hydrogens is 478 g/mol. The highest BCUT2D eigenvalue weighted by Crippen LogP contribution is 2.44. The summed E-state index contributed by atoms with van der Waals surface area (Å²) in [6.07, 6.45) is 0. The normalized spacial score (nSPS) is 16.6. The van der Waals surface area contributed by atoms with Crippen molar-refractivity contribution < 1.29 is 29.5 Å². The Bertz CT molecular complexity index is 1410. The lowest BCUT2D eigenvalue weighted by atomic mass is 9.94. The molecule has 37 heavy (non-hydrogen) atoms. The van der Waals surface area contributed by atoms with E-state index in [1.807, 2.05) is 19.0 Å². The van der Waals surface area contributed by atoms with Crippen LogP contribution >= 0.6 is 0 Å². The molecule has 1 unspecified atom stereocenters. The van der Waals surface area contributed by atoms with Gasteiger partial charge in [-0.15, -0.1) is 0 Å². The highest BCUT2D eigenvalue weighted by atomic mass is 16.6. The van der Waals surface area contributed by atoms with Gasteiger partial charge < -0.3 is 19.8 Å². The average Bonchev–Trinajstić information content (AvgIpc) is 3.15. The van der Waals surface area contributed by atoms with Crippen molar-refractivity contribution in [1.29, 1.82) is 0 Å². The molecule has 1 heterocycles. The number of aromatic hydroxyl groups is 1. The second-order valence-corrected chi connectivity index (χ2v) is 8.55. The number of non-ortho nitro benzene ring substituents is 1. The summed E-state index contributed by atoms with van der Waals surface area (Å²) in [6, 6.07) is 15.4. The first-order chi connectivity index (χ1) is 17.6. The van der Waals surface area contributed by atoms with Gasteiger partial charge in [-0.05, 0) is 48.9 Å². The third kappa shape index (κ3) is 4.68. The number of Topliss-reactive ketones (excluding diaryl/α,β-unsaturated/α-hetero) is 1. The van der Waals surface area contributed by atoms with E-state index in [9.17, 15) is 29.9 Å². The Morgan fingerprint density at radius 2 is 1.78 bits per heavy atom. The SMILES string of the molecule is CCOc1cc(C2/C(=C(\O)c3cccc([N+](=O)[O-])c3)C(=O)C(=O)N2c2ccc(N(C)C)cc2)ccc1O. The van der Waals surface area contributed by atoms with Crippen LogP contribution in [0.15, 0.2) is 72.3 Å². The maximum atomic E-state index is 13.3. The predicted molar refractivity (Wildman–Crippen MR) is 138 cm³/mol. The lowest BCUT2D eigenvalue weighted by Gasteiger charge is -2.26. The summed E-state index contributed by atoms with van der Waals surface area (Å²) < 4.78 is 5.50. The fourth-order valence-corrected chi connectivity index (χ4v) is 4.22. The molecule has 10 nitrogen and oxygen atoms in total. The summed E-state index contributed by atoms with van der Waals surface area (Å²) in [4.78, 5) is 40.5. The van der Waals surface area contributed by atoms with Gasteiger partial charge in [0.05, 0.1) is 23.1 Å². The van der Waals surface area contributed by atoms with E-state index in [0.717, 1.165) is 11.8 Å². The van der Waals surface area contributed by atoms with E-state index in [0.29, 0.717) is 11.3 Å². The zero-order valence-corrected chi connectivity index (χ0v) is 20.4. The minimum Gasteiger partial charge on any atom is -0.507 e. The first-order valence-corrected chi connectivity index (χ1v) is 11.4. The number of carbonyl (C=O) groups excluding carboxylic acids is 2. The van der Waals surface area contributed by atoms with E-state index in [4.69, 9.17) is 4.74 Å². The van der Waals surface area contributed by atoms with Gasteiger partial charge in [0.25, 0.3) is 17.4 Å². The standard InChI is InChI=1S/C27H25N3O7/c1-4-37-22-15-16(8-13-21(22)31)24-23(25(32)17-6-5-7-20(14-17)30(35)36)26(33)27(34)29(24)19-11-9-18(10-12-19)28(2)3/h5-15,24,31-32H,4H2,1-3H3/b25-23+. The molecule has 1 aliphatic rings. The monoisotopic (exact) mass is 503 g/mol. The molecule has 1 atom stereocenters. The lowest BCUT2D eigenvalue weighted by molar-refractivity contribution is -0.384. The van der Waals surface area contributed by atoms with Gasteiger partial charge in [0.1, 0.15) is 5.76 Å². The Kier molecular flexibility index (Phi) is 6.83. The molecule has 0 bridgehead atoms. The smallest absolute Gasteiger partial charge is 0.300 e. The highest BCUT2D eigenvalue weighted by molar-refractivity contribution is 6.51. The number of aliphatic hydroxyl groups is 1. The zero-order valence-electron chi connectivity index (χ0n) is 20.4. The number of phenolic OH excluding ortho intramolecular Hbond substituents is 1. The molecule has 1 saturated heterocycles. The Hall–Kier alpha value is -4.86. The van der Waals surface area contributed by atoms with Crippen LogP contribution in [0.3, 0.4) is 0 Å². The van der Waals surface area contributed by atoms with Crippen molar-refractivity contribution in [2.45, 2.75) is 13.0 Å². The number of phenols is 1. The summed E-state index contributed by atoms with van der Waals surface area (Å²) in [5, 5.41) is 32.7. The van der Waals surface area contributed by atoms with Gasteiger partial charge in [0.15, 0.2) is 11.5 Å². The summed E-state index contributed by atoms with van der Waals surface area (Å²) >= 11 is 0. The van der Waals surface area contributed by atoms with Crippen LogP contribution in [0.25, 0.3) is 5.76 Å². The number of aliphatic hydroxyl groups excluding tert-OH is 1. The molecule has 1 fully saturated rings. The van der Waals surface area contributed by atoms with E-state index in [2.05, 4.69) is 0 Å². The number of ether oxygens (including phenoxy) is 1. The number of carbonyl (C=O) groups is 2. The molecule has 3 aromatic rings. The summed E-state index contributed by atoms with van der Waals surface area (Å²) in [5.41, 5.74) is 1.17. The maximum Gasteiger partial charge on any atom is 0.300 e. The third-order valence-electron chi connectivity index (χ3n) is 6.02. The van der Waals surface area contributed by atoms with Gasteiger partial charge >= 0.3 is 0 Å². The number of rotatable bonds is 7. The van der Waals surface area contributed by atoms with Gasteiger partial charge in [0, 0.05) is 43.2 Å². The van der Waals surface area contributed by atoms with E-state index in [-0.39, 0.29) is 34.9 Å². The fraction of sp³-hybridized carbons (Fsp3) is 0.185. The van der Waals surface area contributed by atoms with Crippen LogP contribution in [0.1, 0.15) is 24.1 Å². The number of benzene rings is 3. The van der Waals surface area contributed by atoms with Crippen LogP contribution in [0.5, 0.6) is 11.5 Å². The molecule has 0 aromatic heterocycles. The molecular formula is C27H25N3O7. The number of anilines is 2. The molecule has 2 N–H and O–H groups in total. The maximum absolute atomic E-state index is 13.3. The van der Waals surface area contributed by atoms with Gasteiger partial charge in [0.2, 0.25) is 0 Å². The minimum absolute atomic E-state index is 0.0176. The van der Waals surface area contributed by atoms with Gasteiger partial charge in [-0.3, -0.25) is 24.6 Å². The first-order valence-electron chi connectivity index (χ1n) is 11.4. The molecule has 190 valence electrons. The second-order valence-electron chi connectivity index (χ2n) is 8.55. The average molecular weight is 504 g/mol. The number of ketones is 1. The van der Waals surface area contributed by atoms with Gasteiger partial charge in [-0.1, -0.05) is 18.2 Å². The Labute approximate surface area is 212 Å². The molecule has 0 spiro atoms. The van der Waals surface area contributed by atoms with Crippen molar-refractivity contribution in [3.63, 3.8) is 0 Å². The van der Waals surface area contributed by atoms with E-state index >= 15 is 0 Å². The van der Waals surface area contributed by atoms with Crippen molar-refractivity contribution in [2.75, 3.05) is 30.5 Å². The molecule has 10 heteroatoms. The quantitative estimate of drug-likeness (QED) is 0.159. The van der Waals surface area contributed by atoms with Crippen LogP contribution in [-0.2, 0) is 9.59 Å². The van der Waals surface area contributed by atoms with Gasteiger partial charge in [-0.2, -0.15) is 0 Å². The number of nitrogens with zero attached hydrogens (tertiary/aromatic N) is 3. The Balaban J connectivity index is 1.95. The summed E-state index contributed by atoms with van der Waals surface area (Å²) in [6.45, 7) is 2.00. The molecule has 1 aliphatic heterocycles. The molecule has 1 amide bonds. The van der Waals surface area contributed by atoms with E-state index in [1.165, 1.54) is 41.3 Å². The van der Waals surface area contributed by atoms with Crippen LogP contribution in [0, 0.1) is 10.1 Å². The van der Waals surface area contributed by atoms with Crippen molar-refractivity contribution >= 4 is 34.5 Å². The van der Waals surface area contributed by atoms with Crippen molar-refractivity contribution in [1.82, 2.24) is 0 Å². The molecule has 0 radical (unpaired) electrons. The summed E-state index contributed by atoms with van der Waals surface area (Å²) in [5.74, 6) is -2.36. The number of hydrogen-bond donors (Lipinski definition) is 2. The summed E-state index contributed by atoms with van der Waals surface area (Å²) in [7, 11) is 3.73. The molecule has 0 aliphatic carbocycles. The topological polar surface area (TPSA) is 133 Å². The first kappa shape index (κ1) is 25.2. The van der Waals surface area contributed by atoms with Gasteiger partial charge in [-0.25, -0.2) is 0 Å². The number of hydrogen-bond acceptors (Lipinski definition) is 8. The molecule has 3 aromatic carbocycles. The van der Waals surface area contributed by atoms with Crippen LogP contribution in [0.4, 0.5) is 17.1 Å². The predicted octanol–water partition coefficient (Wildman–Crippen LogP) is 4.39. The molecule has 0 saturated carbocycles. The lowest BCUT2D eigenvalue weighted by Crippen LogP contribution is -2.29. The number of nitro groups is 1. The highest BCUT2D eigenvalue weighted by Gasteiger charge is 2.47. The minimum atomic E-state index is -1.09. The van der Waals surface area contributed by atoms with Crippen molar-refractivity contribution in [3.05, 3.63) is 93.5 Å². The Morgan fingerprint density at radius 3 is 2.41 bits per heavy atom. The van der Waals surface area contributed by atoms with Crippen molar-refractivity contribution in [3.8, 4) is 11.5 Å². The molecule has 4 rings (SSSR count). The Morgan fingerprint density at radius 1 is 1.08 bits per heavy atom. The third-order valence-corrected chi connectivity index (χ3v) is 6.02. The van der Waals surface area contributed by atoms with Crippen LogP contribution in [-0.4, -0.2) is 47.5 Å². The largest absolute Gasteiger partial charge is 0.507 e. The number of nitro benzene ring substituents is 1. The van der Waals surface area contributed by atoms with E-state index in [1.54, 1.807) is 31.2 Å². The van der Waals surface area contributed by atoms with Crippen molar-refractivity contribution in [2.24, 2.45) is 0 Å². The number of amides is 1.